The molecule has 0 unspecified atom stereocenters. The minimum atomic E-state index is -1.64. The summed E-state index contributed by atoms with van der Waals surface area (Å²) in [5, 5.41) is 0. The average molecular weight is 269 g/mol. The van der Waals surface area contributed by atoms with E-state index in [1.54, 1.807) is 24.3 Å². The number of halogens is 3. The Kier molecular flexibility index (Phi) is 4.51. The maximum absolute atomic E-state index is 11.0. The Bertz CT molecular complexity index is 321. The molecule has 0 aliphatic carbocycles. The fourth-order valence-corrected chi connectivity index (χ4v) is 0.870. The van der Waals surface area contributed by atoms with E-state index in [9.17, 15) is 4.79 Å². The van der Waals surface area contributed by atoms with Gasteiger partial charge in [0.05, 0.1) is 0 Å². The fraction of sp³-hybridized carbons (Fsp3) is 0.222. The first kappa shape index (κ1) is 12.4. The molecule has 1 aromatic carbocycles. The lowest BCUT2D eigenvalue weighted by atomic mass is 10.3. The van der Waals surface area contributed by atoms with Crippen molar-refractivity contribution < 1.29 is 14.3 Å². The molecule has 0 atom stereocenters. The average Bonchev–Trinajstić information content (AvgIpc) is 2.15. The monoisotopic (exact) mass is 267 g/mol. The van der Waals surface area contributed by atoms with Gasteiger partial charge < -0.3 is 9.47 Å². The molecule has 81 valence electrons. The molecule has 0 fully saturated rings. The van der Waals surface area contributed by atoms with Gasteiger partial charge in [0.15, 0.2) is 0 Å². The van der Waals surface area contributed by atoms with E-state index in [-0.39, 0.29) is 6.61 Å². The third-order valence-corrected chi connectivity index (χ3v) is 1.57. The molecule has 0 N–H and O–H groups in total. The smallest absolute Gasteiger partial charge is 0.429 e. The van der Waals surface area contributed by atoms with Crippen LogP contribution in [-0.2, 0) is 4.74 Å². The molecule has 3 nitrogen and oxygen atoms in total. The van der Waals surface area contributed by atoms with Crippen molar-refractivity contribution in [3.63, 3.8) is 0 Å². The zero-order valence-corrected chi connectivity index (χ0v) is 9.64. The molecule has 1 rings (SSSR count). The lowest BCUT2D eigenvalue weighted by molar-refractivity contribution is 0.101. The second-order valence-electron chi connectivity index (χ2n) is 2.49. The van der Waals surface area contributed by atoms with Crippen LogP contribution in [0.3, 0.4) is 0 Å². The predicted molar refractivity (Wildman–Crippen MR) is 57.5 cm³/mol. The molecule has 0 bridgehead atoms. The van der Waals surface area contributed by atoms with Crippen LogP contribution >= 0.6 is 34.8 Å². The van der Waals surface area contributed by atoms with E-state index < -0.39 is 9.95 Å². The fourth-order valence-electron chi connectivity index (χ4n) is 0.706. The summed E-state index contributed by atoms with van der Waals surface area (Å²) >= 11 is 16.1. The second kappa shape index (κ2) is 5.45. The largest absolute Gasteiger partial charge is 0.513 e. The van der Waals surface area contributed by atoms with Gasteiger partial charge in [-0.25, -0.2) is 4.79 Å². The van der Waals surface area contributed by atoms with Crippen molar-refractivity contribution in [2.75, 3.05) is 6.61 Å². The molecule has 1 radical (unpaired) electrons. The van der Waals surface area contributed by atoms with Gasteiger partial charge >= 0.3 is 6.16 Å². The third kappa shape index (κ3) is 5.72. The highest BCUT2D eigenvalue weighted by Crippen LogP contribution is 2.26. The van der Waals surface area contributed by atoms with Crippen molar-refractivity contribution in [2.45, 2.75) is 3.79 Å². The lowest BCUT2D eigenvalue weighted by Gasteiger charge is -2.10. The zero-order chi connectivity index (χ0) is 11.3. The number of carbonyl (C=O) groups is 1. The highest BCUT2D eigenvalue weighted by molar-refractivity contribution is 6.67. The Morgan fingerprint density at radius 2 is 1.93 bits per heavy atom. The SMILES string of the molecule is O=C(OCC(Cl)(Cl)Cl)Oc1cc[c]cc1. The highest BCUT2D eigenvalue weighted by Gasteiger charge is 2.22. The van der Waals surface area contributed by atoms with Crippen molar-refractivity contribution in [3.8, 4) is 5.75 Å². The molecule has 1 aromatic rings. The standard InChI is InChI=1S/C9H6Cl3O3/c10-9(11,12)6-14-8(13)15-7-4-2-1-3-5-7/h2-5H,6H2. The van der Waals surface area contributed by atoms with Crippen LogP contribution in [0, 0.1) is 6.07 Å². The third-order valence-electron chi connectivity index (χ3n) is 1.24. The number of benzene rings is 1. The Labute approximate surface area is 102 Å². The van der Waals surface area contributed by atoms with Crippen molar-refractivity contribution in [1.82, 2.24) is 0 Å². The maximum atomic E-state index is 11.0. The van der Waals surface area contributed by atoms with Gasteiger partial charge in [0.1, 0.15) is 12.4 Å². The molecule has 0 saturated carbocycles. The highest BCUT2D eigenvalue weighted by atomic mass is 35.6. The molecule has 0 aliphatic rings. The molecule has 0 saturated heterocycles. The number of ether oxygens (including phenoxy) is 2. The predicted octanol–water partition coefficient (Wildman–Crippen LogP) is 3.37. The van der Waals surface area contributed by atoms with Crippen LogP contribution in [0.1, 0.15) is 0 Å². The van der Waals surface area contributed by atoms with Gasteiger partial charge in [0.2, 0.25) is 3.79 Å². The van der Waals surface area contributed by atoms with Gasteiger partial charge in [-0.3, -0.25) is 0 Å². The van der Waals surface area contributed by atoms with Gasteiger partial charge in [-0.15, -0.1) is 0 Å². The Morgan fingerprint density at radius 3 is 2.47 bits per heavy atom. The van der Waals surface area contributed by atoms with E-state index in [1.807, 2.05) is 0 Å². The number of alkyl halides is 3. The van der Waals surface area contributed by atoms with Crippen LogP contribution < -0.4 is 4.74 Å². The molecular weight excluding hydrogens is 262 g/mol. The van der Waals surface area contributed by atoms with E-state index in [0.29, 0.717) is 5.75 Å². The summed E-state index contributed by atoms with van der Waals surface area (Å²) in [5.74, 6) is 0.336. The topological polar surface area (TPSA) is 35.5 Å². The Hall–Kier alpha value is -0.640. The van der Waals surface area contributed by atoms with Crippen LogP contribution in [-0.4, -0.2) is 16.6 Å². The maximum Gasteiger partial charge on any atom is 0.513 e. The van der Waals surface area contributed by atoms with Gasteiger partial charge in [0, 0.05) is 0 Å². The van der Waals surface area contributed by atoms with Crippen LogP contribution in [0.2, 0.25) is 0 Å². The first-order valence-electron chi connectivity index (χ1n) is 3.85. The van der Waals surface area contributed by atoms with Crippen molar-refractivity contribution >= 4 is 41.0 Å². The first-order valence-corrected chi connectivity index (χ1v) is 4.98. The van der Waals surface area contributed by atoms with E-state index in [1.165, 1.54) is 0 Å². The Morgan fingerprint density at radius 1 is 1.33 bits per heavy atom. The van der Waals surface area contributed by atoms with Crippen LogP contribution in [0.5, 0.6) is 5.75 Å². The molecule has 15 heavy (non-hydrogen) atoms. The Balaban J connectivity index is 2.38. The summed E-state index contributed by atoms with van der Waals surface area (Å²) in [5.41, 5.74) is 0. The first-order chi connectivity index (χ1) is 6.97. The number of hydrogen-bond acceptors (Lipinski definition) is 3. The van der Waals surface area contributed by atoms with E-state index in [2.05, 4.69) is 10.8 Å². The van der Waals surface area contributed by atoms with E-state index in [0.717, 1.165) is 0 Å². The molecule has 0 aliphatic heterocycles. The molecule has 0 spiro atoms. The molecular formula is C9H6Cl3O3. The number of hydrogen-bond donors (Lipinski definition) is 0. The van der Waals surface area contributed by atoms with Gasteiger partial charge in [-0.2, -0.15) is 0 Å². The van der Waals surface area contributed by atoms with Gasteiger partial charge in [-0.1, -0.05) is 46.9 Å². The molecule has 0 aromatic heterocycles. The number of carbonyl (C=O) groups excluding carboxylic acids is 1. The van der Waals surface area contributed by atoms with Crippen LogP contribution in [0.4, 0.5) is 4.79 Å². The summed E-state index contributed by atoms with van der Waals surface area (Å²) in [6, 6.07) is 9.06. The normalized spacial score (nSPS) is 10.9. The lowest BCUT2D eigenvalue weighted by Crippen LogP contribution is -2.19. The van der Waals surface area contributed by atoms with Gasteiger partial charge in [-0.05, 0) is 18.2 Å². The van der Waals surface area contributed by atoms with Gasteiger partial charge in [0.25, 0.3) is 0 Å². The van der Waals surface area contributed by atoms with Crippen molar-refractivity contribution in [3.05, 3.63) is 30.3 Å². The summed E-state index contributed by atoms with van der Waals surface area (Å²) < 4.78 is 7.66. The van der Waals surface area contributed by atoms with E-state index in [4.69, 9.17) is 39.5 Å². The minimum Gasteiger partial charge on any atom is -0.429 e. The summed E-state index contributed by atoms with van der Waals surface area (Å²) in [4.78, 5) is 11.0. The number of rotatable bonds is 2. The second-order valence-corrected chi connectivity index (χ2v) is 5.01. The summed E-state index contributed by atoms with van der Waals surface area (Å²) in [6.45, 7) is -0.366. The summed E-state index contributed by atoms with van der Waals surface area (Å²) in [7, 11) is 0. The van der Waals surface area contributed by atoms with Crippen molar-refractivity contribution in [1.29, 1.82) is 0 Å². The van der Waals surface area contributed by atoms with Crippen molar-refractivity contribution in [2.24, 2.45) is 0 Å². The molecule has 6 heteroatoms. The zero-order valence-electron chi connectivity index (χ0n) is 7.38. The van der Waals surface area contributed by atoms with Crippen LogP contribution in [0.15, 0.2) is 24.3 Å². The van der Waals surface area contributed by atoms with Crippen LogP contribution in [0.25, 0.3) is 0 Å². The summed E-state index contributed by atoms with van der Waals surface area (Å²) in [6.07, 6.45) is -0.924. The quantitative estimate of drug-likeness (QED) is 0.469. The minimum absolute atomic E-state index is 0.336. The molecule has 0 amide bonds. The van der Waals surface area contributed by atoms with E-state index >= 15 is 0 Å². The molecule has 0 heterocycles.